The number of epoxide rings is 1. The minimum absolute atomic E-state index is 0.248. The Bertz CT molecular complexity index is 413. The third-order valence-electron chi connectivity index (χ3n) is 3.31. The van der Waals surface area contributed by atoms with Gasteiger partial charge in [-0.05, 0) is 24.8 Å². The number of hydrogen-bond donors (Lipinski definition) is 0. The first-order chi connectivity index (χ1) is 8.54. The maximum Gasteiger partial charge on any atom is 0.338 e. The van der Waals surface area contributed by atoms with Gasteiger partial charge in [0, 0.05) is 0 Å². The molecule has 1 aromatic rings. The Hall–Kier alpha value is -1.35. The van der Waals surface area contributed by atoms with E-state index >= 15 is 0 Å². The van der Waals surface area contributed by atoms with Crippen molar-refractivity contribution in [3.63, 3.8) is 0 Å². The molecular formula is C15H20O3. The van der Waals surface area contributed by atoms with Gasteiger partial charge in [0.1, 0.15) is 5.60 Å². The van der Waals surface area contributed by atoms with E-state index in [4.69, 9.17) is 9.47 Å². The summed E-state index contributed by atoms with van der Waals surface area (Å²) in [5.41, 5.74) is 0.520. The molecule has 0 N–H and O–H groups in total. The zero-order chi connectivity index (χ0) is 13.2. The van der Waals surface area contributed by atoms with Gasteiger partial charge in [0.25, 0.3) is 0 Å². The van der Waals surface area contributed by atoms with Crippen molar-refractivity contribution in [1.82, 2.24) is 0 Å². The first kappa shape index (κ1) is 13.1. The van der Waals surface area contributed by atoms with Gasteiger partial charge in [-0.3, -0.25) is 0 Å². The molecule has 1 saturated heterocycles. The van der Waals surface area contributed by atoms with Gasteiger partial charge in [-0.2, -0.15) is 0 Å². The molecule has 0 amide bonds. The number of ether oxygens (including phenoxy) is 2. The molecule has 1 aliphatic heterocycles. The van der Waals surface area contributed by atoms with Crippen LogP contribution in [-0.4, -0.2) is 18.7 Å². The number of esters is 1. The van der Waals surface area contributed by atoms with E-state index in [0.29, 0.717) is 12.5 Å². The first-order valence-corrected chi connectivity index (χ1v) is 6.44. The number of benzene rings is 1. The Labute approximate surface area is 108 Å². The lowest BCUT2D eigenvalue weighted by atomic mass is 9.97. The summed E-state index contributed by atoms with van der Waals surface area (Å²) in [7, 11) is 0. The summed E-state index contributed by atoms with van der Waals surface area (Å²) in [5.74, 6) is 0.292. The van der Waals surface area contributed by atoms with Crippen LogP contribution in [0.1, 0.15) is 32.8 Å². The van der Waals surface area contributed by atoms with E-state index in [9.17, 15) is 4.79 Å². The van der Waals surface area contributed by atoms with Gasteiger partial charge in [-0.1, -0.05) is 44.2 Å². The van der Waals surface area contributed by atoms with Crippen molar-refractivity contribution in [2.24, 2.45) is 5.92 Å². The van der Waals surface area contributed by atoms with E-state index in [0.717, 1.165) is 12.0 Å². The molecule has 1 fully saturated rings. The molecule has 0 radical (unpaired) electrons. The second kappa shape index (κ2) is 5.11. The molecule has 0 spiro atoms. The fourth-order valence-corrected chi connectivity index (χ4v) is 1.94. The van der Waals surface area contributed by atoms with Gasteiger partial charge >= 0.3 is 5.97 Å². The molecule has 3 heteroatoms. The van der Waals surface area contributed by atoms with E-state index in [2.05, 4.69) is 13.8 Å². The molecule has 0 aliphatic carbocycles. The minimum Gasteiger partial charge on any atom is -0.464 e. The molecule has 0 unspecified atom stereocenters. The smallest absolute Gasteiger partial charge is 0.338 e. The van der Waals surface area contributed by atoms with E-state index in [1.54, 1.807) is 0 Å². The molecule has 3 nitrogen and oxygen atoms in total. The van der Waals surface area contributed by atoms with Crippen LogP contribution in [-0.2, 0) is 19.9 Å². The monoisotopic (exact) mass is 248 g/mol. The van der Waals surface area contributed by atoms with E-state index in [1.165, 1.54) is 0 Å². The van der Waals surface area contributed by atoms with Crippen LogP contribution in [0.25, 0.3) is 0 Å². The quantitative estimate of drug-likeness (QED) is 0.594. The highest BCUT2D eigenvalue weighted by atomic mass is 16.7. The Morgan fingerprint density at radius 1 is 1.39 bits per heavy atom. The fraction of sp³-hybridized carbons (Fsp3) is 0.533. The van der Waals surface area contributed by atoms with Crippen LogP contribution in [0.4, 0.5) is 0 Å². The van der Waals surface area contributed by atoms with Gasteiger partial charge < -0.3 is 9.47 Å². The maximum absolute atomic E-state index is 11.8. The molecule has 2 atom stereocenters. The highest BCUT2D eigenvalue weighted by Gasteiger charge is 2.59. The van der Waals surface area contributed by atoms with Crippen LogP contribution in [0, 0.1) is 5.92 Å². The molecule has 1 aromatic carbocycles. The second-order valence-corrected chi connectivity index (χ2v) is 5.32. The van der Waals surface area contributed by atoms with E-state index < -0.39 is 11.7 Å². The third-order valence-corrected chi connectivity index (χ3v) is 3.31. The summed E-state index contributed by atoms with van der Waals surface area (Å²) in [6, 6.07) is 9.79. The van der Waals surface area contributed by atoms with Crippen LogP contribution < -0.4 is 0 Å². The lowest BCUT2D eigenvalue weighted by Crippen LogP contribution is -2.19. The van der Waals surface area contributed by atoms with Crippen molar-refractivity contribution in [3.8, 4) is 0 Å². The first-order valence-electron chi connectivity index (χ1n) is 6.44. The van der Waals surface area contributed by atoms with Gasteiger partial charge in [0.15, 0.2) is 6.10 Å². The number of rotatable bonds is 5. The molecule has 0 saturated carbocycles. The van der Waals surface area contributed by atoms with Crippen molar-refractivity contribution >= 4 is 5.97 Å². The average molecular weight is 248 g/mol. The molecule has 1 heterocycles. The van der Waals surface area contributed by atoms with Crippen LogP contribution in [0.15, 0.2) is 30.3 Å². The Morgan fingerprint density at radius 2 is 2.06 bits per heavy atom. The SMILES string of the molecule is CC(C)CCOC(=O)[C@@H]1O[C@]1(C)c1ccccc1. The number of carbonyl (C=O) groups is 1. The van der Waals surface area contributed by atoms with Crippen molar-refractivity contribution < 1.29 is 14.3 Å². The highest BCUT2D eigenvalue weighted by molar-refractivity contribution is 5.79. The molecule has 98 valence electrons. The number of carbonyl (C=O) groups excluding carboxylic acids is 1. The average Bonchev–Trinajstić information content (AvgIpc) is 3.04. The molecule has 2 rings (SSSR count). The predicted molar refractivity (Wildman–Crippen MR) is 69.1 cm³/mol. The molecular weight excluding hydrogens is 228 g/mol. The lowest BCUT2D eigenvalue weighted by Gasteiger charge is -2.08. The van der Waals surface area contributed by atoms with Gasteiger partial charge in [0.2, 0.25) is 0 Å². The van der Waals surface area contributed by atoms with Crippen molar-refractivity contribution in [3.05, 3.63) is 35.9 Å². The van der Waals surface area contributed by atoms with Crippen LogP contribution in [0.5, 0.6) is 0 Å². The van der Waals surface area contributed by atoms with Gasteiger partial charge in [-0.25, -0.2) is 4.79 Å². The van der Waals surface area contributed by atoms with Crippen LogP contribution in [0.3, 0.4) is 0 Å². The summed E-state index contributed by atoms with van der Waals surface area (Å²) < 4.78 is 10.8. The van der Waals surface area contributed by atoms with E-state index in [-0.39, 0.29) is 5.97 Å². The van der Waals surface area contributed by atoms with Crippen LogP contribution in [0.2, 0.25) is 0 Å². The summed E-state index contributed by atoms with van der Waals surface area (Å²) in [4.78, 5) is 11.8. The zero-order valence-corrected chi connectivity index (χ0v) is 11.2. The normalized spacial score (nSPS) is 26.1. The molecule has 0 aromatic heterocycles. The summed E-state index contributed by atoms with van der Waals surface area (Å²) in [6.07, 6.45) is 0.438. The van der Waals surface area contributed by atoms with Crippen molar-refractivity contribution in [2.45, 2.75) is 38.9 Å². The largest absolute Gasteiger partial charge is 0.464 e. The molecule has 0 bridgehead atoms. The highest BCUT2D eigenvalue weighted by Crippen LogP contribution is 2.46. The summed E-state index contributed by atoms with van der Waals surface area (Å²) in [6.45, 7) is 6.61. The van der Waals surface area contributed by atoms with Crippen molar-refractivity contribution in [1.29, 1.82) is 0 Å². The minimum atomic E-state index is -0.504. The Kier molecular flexibility index (Phi) is 3.71. The van der Waals surface area contributed by atoms with Crippen LogP contribution >= 0.6 is 0 Å². The number of hydrogen-bond acceptors (Lipinski definition) is 3. The second-order valence-electron chi connectivity index (χ2n) is 5.32. The third kappa shape index (κ3) is 2.72. The fourth-order valence-electron chi connectivity index (χ4n) is 1.94. The van der Waals surface area contributed by atoms with Crippen molar-refractivity contribution in [2.75, 3.05) is 6.61 Å². The Morgan fingerprint density at radius 3 is 2.67 bits per heavy atom. The summed E-state index contributed by atoms with van der Waals surface area (Å²) >= 11 is 0. The van der Waals surface area contributed by atoms with E-state index in [1.807, 2.05) is 37.3 Å². The zero-order valence-electron chi connectivity index (χ0n) is 11.2. The molecule has 18 heavy (non-hydrogen) atoms. The van der Waals surface area contributed by atoms with Gasteiger partial charge in [0.05, 0.1) is 6.61 Å². The Balaban J connectivity index is 1.88. The lowest BCUT2D eigenvalue weighted by molar-refractivity contribution is -0.145. The van der Waals surface area contributed by atoms with Gasteiger partial charge in [-0.15, -0.1) is 0 Å². The predicted octanol–water partition coefficient (Wildman–Crippen LogP) is 2.89. The standard InChI is InChI=1S/C15H20O3/c1-11(2)9-10-17-14(16)13-15(3,18-13)12-7-5-4-6-8-12/h4-8,11,13H,9-10H2,1-3H3/t13-,15+/m0/s1. The summed E-state index contributed by atoms with van der Waals surface area (Å²) in [5, 5.41) is 0. The maximum atomic E-state index is 11.8. The topological polar surface area (TPSA) is 38.8 Å². The molecule has 1 aliphatic rings.